The number of cyclic esters (lactones) is 3. The molecule has 0 N–H and O–H groups in total. The quantitative estimate of drug-likeness (QED) is 0.304. The van der Waals surface area contributed by atoms with E-state index in [2.05, 4.69) is 13.5 Å². The lowest BCUT2D eigenvalue weighted by Gasteiger charge is -2.43. The smallest absolute Gasteiger partial charge is 0.317 e. The van der Waals surface area contributed by atoms with Gasteiger partial charge in [-0.1, -0.05) is 45.6 Å². The highest BCUT2D eigenvalue weighted by atomic mass is 16.6. The number of fused-ring (bicyclic) bond motifs is 2. The second-order valence-electron chi connectivity index (χ2n) is 13.1. The minimum Gasteiger partial charge on any atom is -0.431 e. The normalized spacial score (nSPS) is 42.2. The highest BCUT2D eigenvalue weighted by Gasteiger charge is 2.49. The first-order valence-corrected chi connectivity index (χ1v) is 15.0. The van der Waals surface area contributed by atoms with E-state index >= 15 is 0 Å². The number of esters is 3. The summed E-state index contributed by atoms with van der Waals surface area (Å²) in [5, 5.41) is 0. The molecule has 5 fully saturated rings. The molecule has 200 valence electrons. The summed E-state index contributed by atoms with van der Waals surface area (Å²) in [4.78, 5) is 36.9. The van der Waals surface area contributed by atoms with Crippen molar-refractivity contribution >= 4 is 17.9 Å². The fourth-order valence-corrected chi connectivity index (χ4v) is 8.71. The van der Waals surface area contributed by atoms with Crippen LogP contribution in [0.5, 0.6) is 0 Å². The van der Waals surface area contributed by atoms with E-state index in [9.17, 15) is 14.4 Å². The Kier molecular flexibility index (Phi) is 7.93. The van der Waals surface area contributed by atoms with Gasteiger partial charge in [-0.05, 0) is 100 Å². The van der Waals surface area contributed by atoms with Gasteiger partial charge >= 0.3 is 17.9 Å². The van der Waals surface area contributed by atoms with E-state index in [0.29, 0.717) is 11.7 Å². The topological polar surface area (TPSA) is 69.7 Å². The molecule has 0 spiro atoms. The minimum atomic E-state index is -0.288. The zero-order valence-corrected chi connectivity index (χ0v) is 22.3. The number of carbonyl (C=O) groups is 3. The lowest BCUT2D eigenvalue weighted by Crippen LogP contribution is -2.33. The van der Waals surface area contributed by atoms with E-state index in [-0.39, 0.29) is 47.0 Å². The number of allylic oxidation sites excluding steroid dienone is 1. The van der Waals surface area contributed by atoms with E-state index in [1.165, 1.54) is 64.2 Å². The number of rotatable bonds is 4. The zero-order chi connectivity index (χ0) is 25.3. The van der Waals surface area contributed by atoms with Crippen molar-refractivity contribution in [3.05, 3.63) is 12.3 Å². The Morgan fingerprint density at radius 3 is 2.00 bits per heavy atom. The Morgan fingerprint density at radius 1 is 0.722 bits per heavy atom. The van der Waals surface area contributed by atoms with Gasteiger partial charge in [0.05, 0.1) is 17.8 Å². The molecule has 5 heteroatoms. The lowest BCUT2D eigenvalue weighted by molar-refractivity contribution is -0.154. The molecular weight excluding hydrogens is 452 g/mol. The summed E-state index contributed by atoms with van der Waals surface area (Å²) in [7, 11) is 0. The second kappa shape index (κ2) is 11.0. The summed E-state index contributed by atoms with van der Waals surface area (Å²) in [6, 6.07) is 0. The van der Waals surface area contributed by atoms with Crippen LogP contribution in [-0.4, -0.2) is 17.9 Å². The molecule has 0 aromatic carbocycles. The fourth-order valence-electron chi connectivity index (χ4n) is 8.71. The number of ether oxygens (including phenoxy) is 2. The molecule has 2 heterocycles. The summed E-state index contributed by atoms with van der Waals surface area (Å²) < 4.78 is 10.4. The van der Waals surface area contributed by atoms with E-state index in [1.807, 2.05) is 0 Å². The van der Waals surface area contributed by atoms with Gasteiger partial charge in [0.25, 0.3) is 0 Å². The van der Waals surface area contributed by atoms with E-state index in [4.69, 9.17) is 9.47 Å². The Morgan fingerprint density at radius 2 is 1.31 bits per heavy atom. The zero-order valence-electron chi connectivity index (χ0n) is 22.3. The fraction of sp³-hybridized carbons (Fsp3) is 0.839. The molecule has 2 saturated heterocycles. The summed E-state index contributed by atoms with van der Waals surface area (Å²) in [6.45, 7) is 6.56. The van der Waals surface area contributed by atoms with Crippen LogP contribution in [0, 0.1) is 46.8 Å². The van der Waals surface area contributed by atoms with Gasteiger partial charge in [0.15, 0.2) is 0 Å². The van der Waals surface area contributed by atoms with Gasteiger partial charge in [-0.25, -0.2) is 0 Å². The van der Waals surface area contributed by atoms with Crippen LogP contribution in [-0.2, 0) is 23.9 Å². The molecule has 36 heavy (non-hydrogen) atoms. The minimum absolute atomic E-state index is 0.00223. The maximum Gasteiger partial charge on any atom is 0.317 e. The Balaban J connectivity index is 1.32. The van der Waals surface area contributed by atoms with Gasteiger partial charge in [-0.3, -0.25) is 14.4 Å². The summed E-state index contributed by atoms with van der Waals surface area (Å²) in [5.74, 6) is 1.92. The standard InChI is InChI=1S/C31H46O5/c1-20-7-5-3-4-6-8-23(19-20)31(17-14-24-21(2)35-28(32)27(24)15-18-31)16-13-22-9-11-25-26(12-10-22)30(34)36-29(25)33/h20,22-27H,2-19H2,1H3. The van der Waals surface area contributed by atoms with E-state index in [1.54, 1.807) is 0 Å². The molecule has 3 aliphatic carbocycles. The summed E-state index contributed by atoms with van der Waals surface area (Å²) >= 11 is 0. The molecule has 7 atom stereocenters. The molecule has 5 aliphatic rings. The van der Waals surface area contributed by atoms with Gasteiger partial charge in [-0.15, -0.1) is 0 Å². The Bertz CT molecular complexity index is 813. The average Bonchev–Trinajstić information content (AvgIpc) is 3.10. The molecule has 0 amide bonds. The molecular formula is C31H46O5. The molecule has 7 unspecified atom stereocenters. The first kappa shape index (κ1) is 26.0. The van der Waals surface area contributed by atoms with Gasteiger partial charge in [0, 0.05) is 5.92 Å². The van der Waals surface area contributed by atoms with Crippen molar-refractivity contribution in [3.8, 4) is 0 Å². The molecule has 0 aromatic heterocycles. The van der Waals surface area contributed by atoms with Crippen molar-refractivity contribution in [2.45, 2.75) is 116 Å². The first-order valence-electron chi connectivity index (χ1n) is 15.0. The highest BCUT2D eigenvalue weighted by Crippen LogP contribution is 2.55. The highest BCUT2D eigenvalue weighted by molar-refractivity contribution is 5.96. The van der Waals surface area contributed by atoms with Gasteiger partial charge in [0.1, 0.15) is 5.76 Å². The van der Waals surface area contributed by atoms with Crippen LogP contribution in [0.2, 0.25) is 0 Å². The van der Waals surface area contributed by atoms with Gasteiger partial charge in [-0.2, -0.15) is 0 Å². The van der Waals surface area contributed by atoms with E-state index in [0.717, 1.165) is 56.8 Å². The second-order valence-corrected chi connectivity index (χ2v) is 13.1. The average molecular weight is 499 g/mol. The molecule has 0 radical (unpaired) electrons. The van der Waals surface area contributed by atoms with Crippen molar-refractivity contribution in [2.75, 3.05) is 0 Å². The van der Waals surface area contributed by atoms with Crippen LogP contribution in [0.15, 0.2) is 12.3 Å². The maximum atomic E-state index is 12.6. The lowest BCUT2D eigenvalue weighted by atomic mass is 9.62. The van der Waals surface area contributed by atoms with Crippen molar-refractivity contribution in [1.29, 1.82) is 0 Å². The maximum absolute atomic E-state index is 12.6. The predicted octanol–water partition coefficient (Wildman–Crippen LogP) is 7.13. The number of carbonyl (C=O) groups excluding carboxylic acids is 3. The molecule has 3 saturated carbocycles. The number of hydrogen-bond acceptors (Lipinski definition) is 5. The summed E-state index contributed by atoms with van der Waals surface area (Å²) in [5.41, 5.74) is 0.278. The van der Waals surface area contributed by atoms with Crippen LogP contribution in [0.1, 0.15) is 116 Å². The molecule has 5 rings (SSSR count). The summed E-state index contributed by atoms with van der Waals surface area (Å²) in [6.07, 6.45) is 19.7. The molecule has 2 aliphatic heterocycles. The Labute approximate surface area is 217 Å². The number of hydrogen-bond donors (Lipinski definition) is 0. The Hall–Kier alpha value is -1.65. The third kappa shape index (κ3) is 5.31. The van der Waals surface area contributed by atoms with Gasteiger partial charge < -0.3 is 9.47 Å². The van der Waals surface area contributed by atoms with Crippen molar-refractivity contribution < 1.29 is 23.9 Å². The third-order valence-corrected chi connectivity index (χ3v) is 11.0. The largest absolute Gasteiger partial charge is 0.431 e. The van der Waals surface area contributed by atoms with Crippen molar-refractivity contribution in [2.24, 2.45) is 46.8 Å². The van der Waals surface area contributed by atoms with Crippen LogP contribution >= 0.6 is 0 Å². The van der Waals surface area contributed by atoms with Gasteiger partial charge in [0.2, 0.25) is 0 Å². The molecule has 0 aromatic rings. The third-order valence-electron chi connectivity index (χ3n) is 11.0. The molecule has 5 nitrogen and oxygen atoms in total. The van der Waals surface area contributed by atoms with Crippen molar-refractivity contribution in [3.63, 3.8) is 0 Å². The predicted molar refractivity (Wildman–Crippen MR) is 137 cm³/mol. The van der Waals surface area contributed by atoms with Crippen LogP contribution in [0.25, 0.3) is 0 Å². The molecule has 0 bridgehead atoms. The van der Waals surface area contributed by atoms with E-state index < -0.39 is 0 Å². The monoisotopic (exact) mass is 498 g/mol. The van der Waals surface area contributed by atoms with Crippen LogP contribution in [0.3, 0.4) is 0 Å². The first-order chi connectivity index (χ1) is 17.4. The van der Waals surface area contributed by atoms with Crippen LogP contribution < -0.4 is 0 Å². The van der Waals surface area contributed by atoms with Crippen LogP contribution in [0.4, 0.5) is 0 Å². The SMILES string of the molecule is C=C1OC(=O)C2CCC(CCC3CCC4C(=O)OC(=O)C4CC3)(C3CCCCCCC(C)C3)CCC12. The van der Waals surface area contributed by atoms with Crippen molar-refractivity contribution in [1.82, 2.24) is 0 Å².